The highest BCUT2D eigenvalue weighted by Crippen LogP contribution is 2.39. The minimum Gasteiger partial charge on any atom is -0.312 e. The predicted octanol–water partition coefficient (Wildman–Crippen LogP) is 3.15. The maximum absolute atomic E-state index is 4.06. The van der Waals surface area contributed by atoms with Crippen LogP contribution in [0.4, 0.5) is 0 Å². The second kappa shape index (κ2) is 5.17. The lowest BCUT2D eigenvalue weighted by Crippen LogP contribution is -2.36. The van der Waals surface area contributed by atoms with Crippen molar-refractivity contribution in [2.24, 2.45) is 5.41 Å². The fourth-order valence-electron chi connectivity index (χ4n) is 2.66. The van der Waals surface area contributed by atoms with E-state index in [0.717, 1.165) is 18.8 Å². The zero-order valence-corrected chi connectivity index (χ0v) is 11.5. The Balaban J connectivity index is 1.54. The monoisotopic (exact) mass is 255 g/mol. The number of benzene rings is 1. The maximum atomic E-state index is 4.06. The van der Waals surface area contributed by atoms with E-state index >= 15 is 0 Å². The summed E-state index contributed by atoms with van der Waals surface area (Å²) in [5, 5.41) is 3.58. The Kier molecular flexibility index (Phi) is 3.38. The largest absolute Gasteiger partial charge is 0.312 e. The Hall–Kier alpha value is -1.61. The molecular formula is C16H21N3. The lowest BCUT2D eigenvalue weighted by molar-refractivity contribution is 0.156. The topological polar surface area (TPSA) is 29.9 Å². The molecule has 0 spiro atoms. The van der Waals surface area contributed by atoms with E-state index < -0.39 is 0 Å². The molecule has 0 bridgehead atoms. The van der Waals surface area contributed by atoms with Gasteiger partial charge in [-0.2, -0.15) is 0 Å². The highest BCUT2D eigenvalue weighted by molar-refractivity contribution is 5.34. The second-order valence-corrected chi connectivity index (χ2v) is 5.90. The fraction of sp³-hybridized carbons (Fsp3) is 0.438. The van der Waals surface area contributed by atoms with Crippen LogP contribution < -0.4 is 5.32 Å². The quantitative estimate of drug-likeness (QED) is 0.889. The Morgan fingerprint density at radius 2 is 2.05 bits per heavy atom. The van der Waals surface area contributed by atoms with Crippen LogP contribution in [0.5, 0.6) is 0 Å². The Morgan fingerprint density at radius 3 is 2.63 bits per heavy atom. The normalized spacial score (nSPS) is 17.1. The molecule has 3 nitrogen and oxygen atoms in total. The number of hydrogen-bond donors (Lipinski definition) is 1. The summed E-state index contributed by atoms with van der Waals surface area (Å²) in [6, 6.07) is 8.66. The summed E-state index contributed by atoms with van der Waals surface area (Å²) in [6.07, 6.45) is 9.74. The molecule has 0 amide bonds. The molecule has 0 unspecified atom stereocenters. The van der Waals surface area contributed by atoms with E-state index in [-0.39, 0.29) is 0 Å². The molecule has 3 heteroatoms. The van der Waals surface area contributed by atoms with Gasteiger partial charge in [0.2, 0.25) is 0 Å². The van der Waals surface area contributed by atoms with Crippen LogP contribution in [0.15, 0.2) is 43.0 Å². The number of imidazole rings is 1. The molecule has 1 N–H and O–H groups in total. The van der Waals surface area contributed by atoms with Crippen LogP contribution in [-0.2, 0) is 6.54 Å². The van der Waals surface area contributed by atoms with E-state index in [4.69, 9.17) is 0 Å². The van der Waals surface area contributed by atoms with Gasteiger partial charge >= 0.3 is 0 Å². The van der Waals surface area contributed by atoms with Crippen LogP contribution in [-0.4, -0.2) is 16.1 Å². The van der Waals surface area contributed by atoms with E-state index in [1.54, 1.807) is 6.20 Å². The second-order valence-electron chi connectivity index (χ2n) is 5.90. The average Bonchev–Trinajstić information content (AvgIpc) is 2.91. The molecule has 1 aromatic heterocycles. The predicted molar refractivity (Wildman–Crippen MR) is 77.2 cm³/mol. The number of rotatable bonds is 5. The third kappa shape index (κ3) is 2.87. The summed E-state index contributed by atoms with van der Waals surface area (Å²) in [5.41, 5.74) is 3.05. The van der Waals surface area contributed by atoms with E-state index in [2.05, 4.69) is 41.5 Å². The first-order valence-corrected chi connectivity index (χ1v) is 7.03. The van der Waals surface area contributed by atoms with E-state index in [9.17, 15) is 0 Å². The van der Waals surface area contributed by atoms with E-state index in [0.29, 0.717) is 5.41 Å². The van der Waals surface area contributed by atoms with Gasteiger partial charge in [0.1, 0.15) is 0 Å². The van der Waals surface area contributed by atoms with Crippen molar-refractivity contribution in [2.75, 3.05) is 6.54 Å². The van der Waals surface area contributed by atoms with Gasteiger partial charge in [-0.3, -0.25) is 0 Å². The van der Waals surface area contributed by atoms with Crippen LogP contribution >= 0.6 is 0 Å². The average molecular weight is 255 g/mol. The lowest BCUT2D eigenvalue weighted by atomic mass is 9.70. The van der Waals surface area contributed by atoms with Crippen molar-refractivity contribution in [1.29, 1.82) is 0 Å². The zero-order valence-electron chi connectivity index (χ0n) is 11.5. The van der Waals surface area contributed by atoms with Crippen molar-refractivity contribution in [3.8, 4) is 5.69 Å². The van der Waals surface area contributed by atoms with Crippen molar-refractivity contribution in [3.63, 3.8) is 0 Å². The molecule has 1 heterocycles. The van der Waals surface area contributed by atoms with Crippen LogP contribution in [0.2, 0.25) is 0 Å². The van der Waals surface area contributed by atoms with Gasteiger partial charge in [0.15, 0.2) is 0 Å². The first-order chi connectivity index (χ1) is 9.25. The third-order valence-corrected chi connectivity index (χ3v) is 4.18. The molecule has 0 aliphatic heterocycles. The summed E-state index contributed by atoms with van der Waals surface area (Å²) >= 11 is 0. The smallest absolute Gasteiger partial charge is 0.0991 e. The van der Waals surface area contributed by atoms with Gasteiger partial charge in [-0.05, 0) is 36.0 Å². The summed E-state index contributed by atoms with van der Waals surface area (Å²) < 4.78 is 2.02. The fourth-order valence-corrected chi connectivity index (χ4v) is 2.66. The van der Waals surface area contributed by atoms with Gasteiger partial charge < -0.3 is 9.88 Å². The first kappa shape index (κ1) is 12.4. The van der Waals surface area contributed by atoms with Gasteiger partial charge in [0.25, 0.3) is 0 Å². The zero-order chi connectivity index (χ0) is 13.1. The Morgan fingerprint density at radius 1 is 1.26 bits per heavy atom. The molecule has 0 atom stereocenters. The molecule has 1 aromatic carbocycles. The first-order valence-electron chi connectivity index (χ1n) is 7.03. The van der Waals surface area contributed by atoms with E-state index in [1.807, 2.05) is 17.1 Å². The molecule has 1 saturated carbocycles. The van der Waals surface area contributed by atoms with Crippen molar-refractivity contribution in [2.45, 2.75) is 32.7 Å². The molecule has 3 rings (SSSR count). The SMILES string of the molecule is CC1(CNCc2ccc(-n3ccnc3)cc2)CCC1. The van der Waals surface area contributed by atoms with Crippen LogP contribution in [0.25, 0.3) is 5.69 Å². The summed E-state index contributed by atoms with van der Waals surface area (Å²) in [6.45, 7) is 4.47. The van der Waals surface area contributed by atoms with Gasteiger partial charge in [0.05, 0.1) is 6.33 Å². The summed E-state index contributed by atoms with van der Waals surface area (Å²) in [4.78, 5) is 4.06. The molecule has 0 radical (unpaired) electrons. The van der Waals surface area contributed by atoms with Gasteiger partial charge in [-0.15, -0.1) is 0 Å². The Labute approximate surface area is 114 Å². The Bertz CT molecular complexity index is 509. The molecule has 2 aromatic rings. The minimum atomic E-state index is 0.552. The van der Waals surface area contributed by atoms with Crippen molar-refractivity contribution >= 4 is 0 Å². The lowest BCUT2D eigenvalue weighted by Gasteiger charge is -2.38. The standard InChI is InChI=1S/C16H21N3/c1-16(7-2-8-16)12-18-11-14-3-5-15(6-4-14)19-10-9-17-13-19/h3-6,9-10,13,18H,2,7-8,11-12H2,1H3. The number of nitrogens with zero attached hydrogens (tertiary/aromatic N) is 2. The number of aromatic nitrogens is 2. The van der Waals surface area contributed by atoms with Crippen LogP contribution in [0.1, 0.15) is 31.7 Å². The summed E-state index contributed by atoms with van der Waals surface area (Å²) in [7, 11) is 0. The van der Waals surface area contributed by atoms with Crippen LogP contribution in [0.3, 0.4) is 0 Å². The molecular weight excluding hydrogens is 234 g/mol. The van der Waals surface area contributed by atoms with Crippen molar-refractivity contribution in [3.05, 3.63) is 48.5 Å². The molecule has 1 fully saturated rings. The molecule has 1 aliphatic carbocycles. The highest BCUT2D eigenvalue weighted by Gasteiger charge is 2.30. The summed E-state index contributed by atoms with van der Waals surface area (Å²) in [5.74, 6) is 0. The van der Waals surface area contributed by atoms with Gasteiger partial charge in [-0.25, -0.2) is 4.98 Å². The minimum absolute atomic E-state index is 0.552. The van der Waals surface area contributed by atoms with Crippen molar-refractivity contribution in [1.82, 2.24) is 14.9 Å². The number of nitrogens with one attached hydrogen (secondary N) is 1. The highest BCUT2D eigenvalue weighted by atomic mass is 15.0. The van der Waals surface area contributed by atoms with Crippen LogP contribution in [0, 0.1) is 5.41 Å². The molecule has 0 saturated heterocycles. The maximum Gasteiger partial charge on any atom is 0.0991 e. The van der Waals surface area contributed by atoms with E-state index in [1.165, 1.54) is 24.8 Å². The van der Waals surface area contributed by atoms with Gasteiger partial charge in [-0.1, -0.05) is 25.5 Å². The van der Waals surface area contributed by atoms with Gasteiger partial charge in [0, 0.05) is 31.2 Å². The molecule has 19 heavy (non-hydrogen) atoms. The molecule has 1 aliphatic rings. The molecule has 100 valence electrons. The van der Waals surface area contributed by atoms with Crippen molar-refractivity contribution < 1.29 is 0 Å². The third-order valence-electron chi connectivity index (χ3n) is 4.18. The number of hydrogen-bond acceptors (Lipinski definition) is 2.